The normalized spacial score (nSPS) is 17.3. The zero-order chi connectivity index (χ0) is 17.2. The van der Waals surface area contributed by atoms with Crippen molar-refractivity contribution in [3.8, 4) is 0 Å². The molecule has 0 amide bonds. The zero-order valence-electron chi connectivity index (χ0n) is 15.1. The fraction of sp³-hybridized carbons (Fsp3) is 0.611. The second-order valence-electron chi connectivity index (χ2n) is 5.84. The van der Waals surface area contributed by atoms with Crippen molar-refractivity contribution in [3.05, 3.63) is 28.7 Å². The van der Waals surface area contributed by atoms with E-state index in [2.05, 4.69) is 67.6 Å². The average molecular weight is 525 g/mol. The van der Waals surface area contributed by atoms with Gasteiger partial charge in [-0.25, -0.2) is 0 Å². The monoisotopic (exact) mass is 524 g/mol. The number of benzene rings is 1. The van der Waals surface area contributed by atoms with E-state index in [9.17, 15) is 0 Å². The molecule has 0 saturated carbocycles. The summed E-state index contributed by atoms with van der Waals surface area (Å²) in [6.07, 6.45) is 2.07. The molecule has 0 radical (unpaired) electrons. The van der Waals surface area contributed by atoms with Gasteiger partial charge in [-0.1, -0.05) is 12.1 Å². The lowest BCUT2D eigenvalue weighted by Crippen LogP contribution is -2.44. The third-order valence-corrected chi connectivity index (χ3v) is 4.66. The molecule has 5 nitrogen and oxygen atoms in total. The van der Waals surface area contributed by atoms with Gasteiger partial charge in [-0.05, 0) is 54.8 Å². The van der Waals surface area contributed by atoms with Gasteiger partial charge in [0.1, 0.15) is 0 Å². The van der Waals surface area contributed by atoms with Crippen LogP contribution in [-0.2, 0) is 4.74 Å². The van der Waals surface area contributed by atoms with Gasteiger partial charge in [-0.3, -0.25) is 4.99 Å². The van der Waals surface area contributed by atoms with Crippen LogP contribution in [0.5, 0.6) is 0 Å². The van der Waals surface area contributed by atoms with E-state index < -0.39 is 0 Å². The highest BCUT2D eigenvalue weighted by atomic mass is 127. The van der Waals surface area contributed by atoms with Crippen molar-refractivity contribution in [3.63, 3.8) is 0 Å². The summed E-state index contributed by atoms with van der Waals surface area (Å²) in [4.78, 5) is 7.07. The molecule has 25 heavy (non-hydrogen) atoms. The number of hydrogen-bond acceptors (Lipinski definition) is 3. The number of aliphatic imine (C=N–C) groups is 1. The molecule has 142 valence electrons. The van der Waals surface area contributed by atoms with Crippen molar-refractivity contribution in [2.24, 2.45) is 4.99 Å². The molecular formula is C18H30BrIN4O. The summed E-state index contributed by atoms with van der Waals surface area (Å²) in [6, 6.07) is 8.82. The Morgan fingerprint density at radius 1 is 1.36 bits per heavy atom. The van der Waals surface area contributed by atoms with Gasteiger partial charge in [-0.15, -0.1) is 24.0 Å². The van der Waals surface area contributed by atoms with Crippen molar-refractivity contribution >= 4 is 51.6 Å². The molecule has 2 N–H and O–H groups in total. The van der Waals surface area contributed by atoms with Crippen LogP contribution in [0.2, 0.25) is 0 Å². The van der Waals surface area contributed by atoms with E-state index in [4.69, 9.17) is 4.74 Å². The topological polar surface area (TPSA) is 48.9 Å². The van der Waals surface area contributed by atoms with E-state index in [1.165, 1.54) is 5.69 Å². The molecule has 7 heteroatoms. The van der Waals surface area contributed by atoms with Gasteiger partial charge in [0.25, 0.3) is 0 Å². The van der Waals surface area contributed by atoms with E-state index in [-0.39, 0.29) is 24.0 Å². The third kappa shape index (κ3) is 7.70. The first kappa shape index (κ1) is 22.5. The number of rotatable bonds is 8. The zero-order valence-corrected chi connectivity index (χ0v) is 19.0. The van der Waals surface area contributed by atoms with Crippen molar-refractivity contribution in [2.75, 3.05) is 44.3 Å². The first-order valence-corrected chi connectivity index (χ1v) is 9.66. The number of para-hydroxylation sites is 1. The highest BCUT2D eigenvalue weighted by Gasteiger charge is 2.24. The lowest BCUT2D eigenvalue weighted by atomic mass is 10.3. The minimum absolute atomic E-state index is 0. The quantitative estimate of drug-likeness (QED) is 0.236. The Morgan fingerprint density at radius 2 is 2.16 bits per heavy atom. The molecule has 1 unspecified atom stereocenters. The van der Waals surface area contributed by atoms with Gasteiger partial charge in [0.05, 0.1) is 5.69 Å². The van der Waals surface area contributed by atoms with E-state index in [0.717, 1.165) is 62.7 Å². The standard InChI is InChI=1S/C18H29BrN4O.HI/c1-3-20-18(21-11-7-13-24-4-2)22-15-10-12-23(14-15)17-9-6-5-8-16(17)19;/h5-6,8-9,15H,3-4,7,10-14H2,1-2H3,(H2,20,21,22);1H. The molecule has 1 heterocycles. The van der Waals surface area contributed by atoms with Crippen LogP contribution in [0.1, 0.15) is 26.7 Å². The number of nitrogens with one attached hydrogen (secondary N) is 2. The summed E-state index contributed by atoms with van der Waals surface area (Å²) in [5, 5.41) is 6.90. The summed E-state index contributed by atoms with van der Waals surface area (Å²) < 4.78 is 6.52. The largest absolute Gasteiger partial charge is 0.382 e. The summed E-state index contributed by atoms with van der Waals surface area (Å²) in [5.74, 6) is 0.910. The second-order valence-corrected chi connectivity index (χ2v) is 6.69. The lowest BCUT2D eigenvalue weighted by molar-refractivity contribution is 0.146. The second kappa shape index (κ2) is 12.8. The summed E-state index contributed by atoms with van der Waals surface area (Å²) in [7, 11) is 0. The Labute approximate surface area is 177 Å². The molecule has 0 spiro atoms. The van der Waals surface area contributed by atoms with Crippen molar-refractivity contribution in [1.29, 1.82) is 0 Å². The molecule has 1 aliphatic heterocycles. The maximum Gasteiger partial charge on any atom is 0.191 e. The number of nitrogens with zero attached hydrogens (tertiary/aromatic N) is 2. The van der Waals surface area contributed by atoms with Gasteiger partial charge in [0.2, 0.25) is 0 Å². The Kier molecular flexibility index (Phi) is 11.5. The number of anilines is 1. The smallest absolute Gasteiger partial charge is 0.191 e. The van der Waals surface area contributed by atoms with Crippen molar-refractivity contribution in [2.45, 2.75) is 32.7 Å². The van der Waals surface area contributed by atoms with Crippen molar-refractivity contribution in [1.82, 2.24) is 10.6 Å². The van der Waals surface area contributed by atoms with Crippen LogP contribution in [0.3, 0.4) is 0 Å². The molecule has 1 aliphatic rings. The number of halogens is 2. The van der Waals surface area contributed by atoms with Gasteiger partial charge >= 0.3 is 0 Å². The van der Waals surface area contributed by atoms with Gasteiger partial charge < -0.3 is 20.3 Å². The molecule has 0 bridgehead atoms. The predicted octanol–water partition coefficient (Wildman–Crippen LogP) is 3.63. The van der Waals surface area contributed by atoms with Crippen LogP contribution in [0.4, 0.5) is 5.69 Å². The molecule has 1 aromatic rings. The van der Waals surface area contributed by atoms with Crippen LogP contribution in [0.15, 0.2) is 33.7 Å². The fourth-order valence-electron chi connectivity index (χ4n) is 2.82. The Bertz CT molecular complexity index is 530. The number of ether oxygens (including phenoxy) is 1. The maximum absolute atomic E-state index is 5.36. The summed E-state index contributed by atoms with van der Waals surface area (Å²) >= 11 is 3.65. The van der Waals surface area contributed by atoms with Gasteiger partial charge in [0, 0.05) is 49.9 Å². The summed E-state index contributed by atoms with van der Waals surface area (Å²) in [5.41, 5.74) is 1.26. The molecular weight excluding hydrogens is 495 g/mol. The maximum atomic E-state index is 5.36. The van der Waals surface area contributed by atoms with Gasteiger partial charge in [-0.2, -0.15) is 0 Å². The molecule has 1 saturated heterocycles. The lowest BCUT2D eigenvalue weighted by Gasteiger charge is -2.21. The fourth-order valence-corrected chi connectivity index (χ4v) is 3.36. The molecule has 0 aliphatic carbocycles. The summed E-state index contributed by atoms with van der Waals surface area (Å²) in [6.45, 7) is 9.38. The van der Waals surface area contributed by atoms with Crippen LogP contribution in [0.25, 0.3) is 0 Å². The van der Waals surface area contributed by atoms with E-state index in [1.54, 1.807) is 0 Å². The number of hydrogen-bond donors (Lipinski definition) is 2. The SMILES string of the molecule is CCNC(=NCCCOCC)NC1CCN(c2ccccc2Br)C1.I. The first-order chi connectivity index (χ1) is 11.7. The highest BCUT2D eigenvalue weighted by molar-refractivity contribution is 14.0. The van der Waals surface area contributed by atoms with E-state index in [0.29, 0.717) is 6.04 Å². The minimum atomic E-state index is 0. The molecule has 2 rings (SSSR count). The van der Waals surface area contributed by atoms with Crippen LogP contribution < -0.4 is 15.5 Å². The van der Waals surface area contributed by atoms with Crippen LogP contribution >= 0.6 is 39.9 Å². The Morgan fingerprint density at radius 3 is 2.88 bits per heavy atom. The van der Waals surface area contributed by atoms with E-state index >= 15 is 0 Å². The molecule has 0 aromatic heterocycles. The Balaban J connectivity index is 0.00000312. The molecule has 1 atom stereocenters. The van der Waals surface area contributed by atoms with Crippen LogP contribution in [-0.4, -0.2) is 51.4 Å². The van der Waals surface area contributed by atoms with Crippen LogP contribution in [0, 0.1) is 0 Å². The number of guanidine groups is 1. The first-order valence-electron chi connectivity index (χ1n) is 8.86. The third-order valence-electron chi connectivity index (χ3n) is 3.99. The predicted molar refractivity (Wildman–Crippen MR) is 120 cm³/mol. The van der Waals surface area contributed by atoms with Crippen molar-refractivity contribution < 1.29 is 4.74 Å². The molecule has 1 aromatic carbocycles. The molecule has 1 fully saturated rings. The highest BCUT2D eigenvalue weighted by Crippen LogP contribution is 2.28. The minimum Gasteiger partial charge on any atom is -0.382 e. The average Bonchev–Trinajstić information content (AvgIpc) is 3.03. The Hall–Kier alpha value is -0.540. The van der Waals surface area contributed by atoms with E-state index in [1.807, 2.05) is 6.92 Å². The van der Waals surface area contributed by atoms with Gasteiger partial charge in [0.15, 0.2) is 5.96 Å².